The fraction of sp³-hybridized carbons (Fsp3) is 0.267. The number of carbonyl (C=O) groups is 1. The number of aliphatic hydroxyl groups is 1. The molecule has 1 unspecified atom stereocenters. The highest BCUT2D eigenvalue weighted by Crippen LogP contribution is 2.21. The molecule has 0 aliphatic rings. The van der Waals surface area contributed by atoms with Crippen molar-refractivity contribution < 1.29 is 14.7 Å². The average molecular weight is 314 g/mol. The van der Waals surface area contributed by atoms with Crippen molar-refractivity contribution in [2.45, 2.75) is 5.92 Å². The minimum absolute atomic E-state index is 0.291. The highest BCUT2D eigenvalue weighted by molar-refractivity contribution is 6.31. The van der Waals surface area contributed by atoms with Crippen LogP contribution in [0.2, 0.25) is 0 Å². The Morgan fingerprint density at radius 3 is 2.48 bits per heavy atom. The molecule has 0 spiro atoms. The van der Waals surface area contributed by atoms with Crippen molar-refractivity contribution in [3.05, 3.63) is 42.2 Å². The van der Waals surface area contributed by atoms with Gasteiger partial charge in [0.25, 0.3) is 5.91 Å². The SMILES string of the molecule is Bc1cnc(Nc2ccc(C(CO)C(=O)N(C)OC)cc2)nc1. The van der Waals surface area contributed by atoms with Gasteiger partial charge in [0.2, 0.25) is 5.95 Å². The predicted octanol–water partition coefficient (Wildman–Crippen LogP) is -0.426. The summed E-state index contributed by atoms with van der Waals surface area (Å²) in [4.78, 5) is 25.3. The van der Waals surface area contributed by atoms with Gasteiger partial charge in [-0.15, -0.1) is 0 Å². The highest BCUT2D eigenvalue weighted by atomic mass is 16.7. The Hall–Kier alpha value is -2.45. The van der Waals surface area contributed by atoms with Crippen molar-refractivity contribution in [3.63, 3.8) is 0 Å². The lowest BCUT2D eigenvalue weighted by molar-refractivity contribution is -0.171. The van der Waals surface area contributed by atoms with Crippen LogP contribution in [0.1, 0.15) is 11.5 Å². The van der Waals surface area contributed by atoms with Crippen LogP contribution in [-0.4, -0.2) is 54.7 Å². The third kappa shape index (κ3) is 4.27. The Bertz CT molecular complexity index is 649. The van der Waals surface area contributed by atoms with Gasteiger partial charge in [0.15, 0.2) is 0 Å². The van der Waals surface area contributed by atoms with Crippen LogP contribution >= 0.6 is 0 Å². The number of nitrogens with zero attached hydrogens (tertiary/aromatic N) is 3. The smallest absolute Gasteiger partial charge is 0.255 e. The van der Waals surface area contributed by atoms with Crippen molar-refractivity contribution in [1.29, 1.82) is 0 Å². The maximum atomic E-state index is 12.1. The summed E-state index contributed by atoms with van der Waals surface area (Å²) >= 11 is 0. The van der Waals surface area contributed by atoms with Crippen LogP contribution in [0.5, 0.6) is 0 Å². The van der Waals surface area contributed by atoms with E-state index < -0.39 is 5.92 Å². The Morgan fingerprint density at radius 1 is 1.35 bits per heavy atom. The van der Waals surface area contributed by atoms with Crippen LogP contribution in [0.15, 0.2) is 36.7 Å². The lowest BCUT2D eigenvalue weighted by atomic mass is 9.99. The molecule has 7 nitrogen and oxygen atoms in total. The molecule has 2 N–H and O–H groups in total. The van der Waals surface area contributed by atoms with E-state index in [1.54, 1.807) is 36.7 Å². The third-order valence-corrected chi connectivity index (χ3v) is 3.42. The van der Waals surface area contributed by atoms with Crippen LogP contribution < -0.4 is 10.8 Å². The topological polar surface area (TPSA) is 87.6 Å². The first kappa shape index (κ1) is 16.9. The quantitative estimate of drug-likeness (QED) is 0.556. The molecule has 0 aliphatic carbocycles. The van der Waals surface area contributed by atoms with Crippen molar-refractivity contribution in [2.24, 2.45) is 0 Å². The van der Waals surface area contributed by atoms with E-state index in [0.29, 0.717) is 11.5 Å². The van der Waals surface area contributed by atoms with E-state index in [1.165, 1.54) is 14.2 Å². The van der Waals surface area contributed by atoms with E-state index in [4.69, 9.17) is 4.84 Å². The average Bonchev–Trinajstić information content (AvgIpc) is 2.58. The number of hydroxylamine groups is 2. The maximum Gasteiger partial charge on any atom is 0.255 e. The lowest BCUT2D eigenvalue weighted by Gasteiger charge is -2.20. The Morgan fingerprint density at radius 2 is 1.96 bits per heavy atom. The van der Waals surface area contributed by atoms with Gasteiger partial charge in [-0.05, 0) is 17.7 Å². The zero-order chi connectivity index (χ0) is 16.8. The van der Waals surface area contributed by atoms with Crippen molar-refractivity contribution >= 4 is 30.9 Å². The third-order valence-electron chi connectivity index (χ3n) is 3.42. The van der Waals surface area contributed by atoms with E-state index >= 15 is 0 Å². The summed E-state index contributed by atoms with van der Waals surface area (Å²) in [6, 6.07) is 7.17. The van der Waals surface area contributed by atoms with Crippen molar-refractivity contribution in [3.8, 4) is 0 Å². The van der Waals surface area contributed by atoms with Crippen LogP contribution in [0.4, 0.5) is 11.6 Å². The number of anilines is 2. The molecule has 1 aromatic carbocycles. The van der Waals surface area contributed by atoms with E-state index in [2.05, 4.69) is 15.3 Å². The van der Waals surface area contributed by atoms with E-state index in [-0.39, 0.29) is 12.5 Å². The van der Waals surface area contributed by atoms with E-state index in [9.17, 15) is 9.90 Å². The number of nitrogens with one attached hydrogen (secondary N) is 1. The van der Waals surface area contributed by atoms with Crippen molar-refractivity contribution in [2.75, 3.05) is 26.1 Å². The van der Waals surface area contributed by atoms with Gasteiger partial charge in [0.1, 0.15) is 7.85 Å². The van der Waals surface area contributed by atoms with Gasteiger partial charge in [0.05, 0.1) is 19.6 Å². The second-order valence-electron chi connectivity index (χ2n) is 5.08. The molecule has 120 valence electrons. The fourth-order valence-corrected chi connectivity index (χ4v) is 2.02. The standard InChI is InChI=1S/C15H19BN4O3/c1-20(23-2)14(22)13(9-21)10-3-5-12(6-4-10)19-15-17-7-11(16)8-18-15/h3-8,13,21H,9,16H2,1-2H3,(H,17,18,19). The van der Waals surface area contributed by atoms with Crippen molar-refractivity contribution in [1.82, 2.24) is 15.0 Å². The number of hydrogen-bond acceptors (Lipinski definition) is 6. The summed E-state index contributed by atoms with van der Waals surface area (Å²) < 4.78 is 0. The summed E-state index contributed by atoms with van der Waals surface area (Å²) in [5.41, 5.74) is 2.48. The molecule has 2 rings (SSSR count). The van der Waals surface area contributed by atoms with Gasteiger partial charge >= 0.3 is 0 Å². The summed E-state index contributed by atoms with van der Waals surface area (Å²) in [6.07, 6.45) is 3.45. The number of likely N-dealkylation sites (N-methyl/N-ethyl adjacent to an activating group) is 1. The predicted molar refractivity (Wildman–Crippen MR) is 89.5 cm³/mol. The molecule has 8 heteroatoms. The first-order valence-corrected chi connectivity index (χ1v) is 7.13. The van der Waals surface area contributed by atoms with Gasteiger partial charge in [-0.1, -0.05) is 17.6 Å². The normalized spacial score (nSPS) is 11.8. The minimum Gasteiger partial charge on any atom is -0.395 e. The molecule has 0 fully saturated rings. The number of hydrogen-bond donors (Lipinski definition) is 2. The van der Waals surface area contributed by atoms with Gasteiger partial charge in [-0.25, -0.2) is 15.0 Å². The summed E-state index contributed by atoms with van der Waals surface area (Å²) in [5.74, 6) is -0.473. The first-order chi connectivity index (χ1) is 11.0. The Kier molecular flexibility index (Phi) is 5.67. The first-order valence-electron chi connectivity index (χ1n) is 7.13. The van der Waals surface area contributed by atoms with E-state index in [0.717, 1.165) is 16.2 Å². The molecule has 0 radical (unpaired) electrons. The van der Waals surface area contributed by atoms with Gasteiger partial charge in [-0.3, -0.25) is 9.63 Å². The zero-order valence-corrected chi connectivity index (χ0v) is 13.4. The highest BCUT2D eigenvalue weighted by Gasteiger charge is 2.23. The molecule has 23 heavy (non-hydrogen) atoms. The molecular weight excluding hydrogens is 295 g/mol. The van der Waals surface area contributed by atoms with Gasteiger partial charge < -0.3 is 10.4 Å². The number of aromatic nitrogens is 2. The van der Waals surface area contributed by atoms with Gasteiger partial charge in [-0.2, -0.15) is 0 Å². The molecule has 1 amide bonds. The number of aliphatic hydroxyl groups excluding tert-OH is 1. The molecule has 0 bridgehead atoms. The molecule has 0 saturated heterocycles. The van der Waals surface area contributed by atoms with E-state index in [1.807, 2.05) is 7.85 Å². The van der Waals surface area contributed by atoms with Crippen LogP contribution in [0, 0.1) is 0 Å². The molecule has 0 aliphatic heterocycles. The van der Waals surface area contributed by atoms with Crippen LogP contribution in [0.25, 0.3) is 0 Å². The molecule has 1 atom stereocenters. The molecule has 1 aromatic heterocycles. The number of amides is 1. The maximum absolute atomic E-state index is 12.1. The largest absolute Gasteiger partial charge is 0.395 e. The van der Waals surface area contributed by atoms with Crippen LogP contribution in [0.3, 0.4) is 0 Å². The number of benzene rings is 1. The number of rotatable bonds is 6. The Balaban J connectivity index is 2.11. The molecule has 2 aromatic rings. The van der Waals surface area contributed by atoms with Gasteiger partial charge in [0, 0.05) is 25.1 Å². The zero-order valence-electron chi connectivity index (χ0n) is 13.4. The number of carbonyl (C=O) groups excluding carboxylic acids is 1. The molecule has 1 heterocycles. The summed E-state index contributed by atoms with van der Waals surface area (Å²) in [5, 5.41) is 13.7. The summed E-state index contributed by atoms with van der Waals surface area (Å²) in [6.45, 7) is -0.291. The molecular formula is C15H19BN4O3. The summed E-state index contributed by atoms with van der Waals surface area (Å²) in [7, 11) is 4.83. The minimum atomic E-state index is -0.662. The Labute approximate surface area is 135 Å². The second-order valence-corrected chi connectivity index (χ2v) is 5.08. The van der Waals surface area contributed by atoms with Crippen LogP contribution in [-0.2, 0) is 9.63 Å². The monoisotopic (exact) mass is 314 g/mol. The molecule has 0 saturated carbocycles. The second kappa shape index (κ2) is 7.71. The fourth-order valence-electron chi connectivity index (χ4n) is 2.02. The lowest BCUT2D eigenvalue weighted by Crippen LogP contribution is -2.32.